The van der Waals surface area contributed by atoms with Gasteiger partial charge < -0.3 is 0 Å². The SMILES string of the molecule is Cc1ccc(-c2nnnn2-c2cccc(C(c3ccccc3)c3ccccc3)c2)cc1. The average molecular weight is 403 g/mol. The first-order chi connectivity index (χ1) is 15.3. The summed E-state index contributed by atoms with van der Waals surface area (Å²) in [7, 11) is 0. The third kappa shape index (κ3) is 3.88. The number of aromatic nitrogens is 4. The minimum absolute atomic E-state index is 0.127. The summed E-state index contributed by atoms with van der Waals surface area (Å²) in [6.45, 7) is 2.07. The van der Waals surface area contributed by atoms with Crippen molar-refractivity contribution >= 4 is 0 Å². The summed E-state index contributed by atoms with van der Waals surface area (Å²) < 4.78 is 1.81. The van der Waals surface area contributed by atoms with Crippen LogP contribution in [0.4, 0.5) is 0 Å². The quantitative estimate of drug-likeness (QED) is 0.348. The van der Waals surface area contributed by atoms with Crippen LogP contribution in [0.25, 0.3) is 17.1 Å². The van der Waals surface area contributed by atoms with Crippen molar-refractivity contribution in [3.8, 4) is 17.1 Å². The molecule has 0 amide bonds. The highest BCUT2D eigenvalue weighted by atomic mass is 15.5. The van der Waals surface area contributed by atoms with Gasteiger partial charge in [0.1, 0.15) is 0 Å². The Labute approximate surface area is 181 Å². The van der Waals surface area contributed by atoms with Crippen molar-refractivity contribution in [1.29, 1.82) is 0 Å². The van der Waals surface area contributed by atoms with Gasteiger partial charge in [-0.05, 0) is 46.2 Å². The van der Waals surface area contributed by atoms with Gasteiger partial charge in [0.05, 0.1) is 5.69 Å². The molecule has 0 spiro atoms. The Hall–Kier alpha value is -4.05. The summed E-state index contributed by atoms with van der Waals surface area (Å²) >= 11 is 0. The van der Waals surface area contributed by atoms with Gasteiger partial charge in [-0.2, -0.15) is 4.68 Å². The minimum atomic E-state index is 0.127. The molecule has 1 aromatic heterocycles. The molecule has 0 fully saturated rings. The molecule has 0 aliphatic rings. The highest BCUT2D eigenvalue weighted by Gasteiger charge is 2.18. The zero-order chi connectivity index (χ0) is 21.0. The molecule has 0 saturated heterocycles. The van der Waals surface area contributed by atoms with E-state index in [0.29, 0.717) is 0 Å². The second kappa shape index (κ2) is 8.36. The van der Waals surface area contributed by atoms with Crippen LogP contribution in [0.2, 0.25) is 0 Å². The third-order valence-corrected chi connectivity index (χ3v) is 5.49. The number of tetrazole rings is 1. The van der Waals surface area contributed by atoms with Gasteiger partial charge in [-0.15, -0.1) is 5.10 Å². The molecule has 0 aliphatic heterocycles. The molecule has 1 heterocycles. The van der Waals surface area contributed by atoms with Crippen molar-refractivity contribution in [2.24, 2.45) is 0 Å². The average Bonchev–Trinajstić information content (AvgIpc) is 3.31. The summed E-state index contributed by atoms with van der Waals surface area (Å²) in [6.07, 6.45) is 0. The van der Waals surface area contributed by atoms with Crippen molar-refractivity contribution in [3.63, 3.8) is 0 Å². The van der Waals surface area contributed by atoms with Gasteiger partial charge in [-0.3, -0.25) is 0 Å². The van der Waals surface area contributed by atoms with Crippen LogP contribution in [-0.4, -0.2) is 20.2 Å². The first-order valence-corrected chi connectivity index (χ1v) is 10.4. The van der Waals surface area contributed by atoms with Crippen LogP contribution < -0.4 is 0 Å². The van der Waals surface area contributed by atoms with Gasteiger partial charge in [0.25, 0.3) is 0 Å². The van der Waals surface area contributed by atoms with Crippen LogP contribution in [0.15, 0.2) is 109 Å². The molecule has 4 aromatic carbocycles. The molecule has 0 unspecified atom stereocenters. The van der Waals surface area contributed by atoms with Crippen molar-refractivity contribution < 1.29 is 0 Å². The van der Waals surface area contributed by atoms with Gasteiger partial charge in [0.15, 0.2) is 5.82 Å². The van der Waals surface area contributed by atoms with E-state index in [0.717, 1.165) is 17.1 Å². The lowest BCUT2D eigenvalue weighted by atomic mass is 9.85. The molecule has 5 rings (SSSR count). The maximum atomic E-state index is 4.29. The smallest absolute Gasteiger partial charge is 0.187 e. The first kappa shape index (κ1) is 18.9. The largest absolute Gasteiger partial charge is 0.193 e. The second-order valence-corrected chi connectivity index (χ2v) is 7.63. The predicted molar refractivity (Wildman–Crippen MR) is 123 cm³/mol. The number of nitrogens with zero attached hydrogens (tertiary/aromatic N) is 4. The lowest BCUT2D eigenvalue weighted by molar-refractivity contribution is 0.789. The fraction of sp³-hybridized carbons (Fsp3) is 0.0741. The maximum Gasteiger partial charge on any atom is 0.187 e. The van der Waals surface area contributed by atoms with Crippen LogP contribution >= 0.6 is 0 Å². The van der Waals surface area contributed by atoms with Crippen LogP contribution in [0.3, 0.4) is 0 Å². The molecule has 31 heavy (non-hydrogen) atoms. The Morgan fingerprint density at radius 1 is 0.645 bits per heavy atom. The number of rotatable bonds is 5. The molecule has 0 bridgehead atoms. The van der Waals surface area contributed by atoms with Crippen LogP contribution in [0, 0.1) is 6.92 Å². The number of aryl methyl sites for hydroxylation is 1. The van der Waals surface area contributed by atoms with Crippen molar-refractivity contribution in [3.05, 3.63) is 131 Å². The molecule has 0 saturated carbocycles. The van der Waals surface area contributed by atoms with Crippen LogP contribution in [0.1, 0.15) is 28.2 Å². The van der Waals surface area contributed by atoms with Crippen molar-refractivity contribution in [1.82, 2.24) is 20.2 Å². The van der Waals surface area contributed by atoms with E-state index in [-0.39, 0.29) is 5.92 Å². The van der Waals surface area contributed by atoms with E-state index in [1.165, 1.54) is 22.3 Å². The molecule has 0 N–H and O–H groups in total. The van der Waals surface area contributed by atoms with Crippen molar-refractivity contribution in [2.45, 2.75) is 12.8 Å². The van der Waals surface area contributed by atoms with E-state index in [1.54, 1.807) is 4.68 Å². The number of hydrogen-bond acceptors (Lipinski definition) is 3. The van der Waals surface area contributed by atoms with E-state index in [1.807, 2.05) is 6.07 Å². The Kier molecular flexibility index (Phi) is 5.11. The highest BCUT2D eigenvalue weighted by molar-refractivity contribution is 5.58. The molecule has 150 valence electrons. The summed E-state index contributed by atoms with van der Waals surface area (Å²) in [5.41, 5.74) is 6.83. The Morgan fingerprint density at radius 2 is 1.26 bits per heavy atom. The zero-order valence-corrected chi connectivity index (χ0v) is 17.3. The topological polar surface area (TPSA) is 43.6 Å². The molecule has 0 radical (unpaired) electrons. The van der Waals surface area contributed by atoms with Crippen LogP contribution in [-0.2, 0) is 0 Å². The highest BCUT2D eigenvalue weighted by Crippen LogP contribution is 2.33. The normalized spacial score (nSPS) is 11.0. The molecular weight excluding hydrogens is 380 g/mol. The molecule has 0 aliphatic carbocycles. The Bertz CT molecular complexity index is 1240. The summed E-state index contributed by atoms with van der Waals surface area (Å²) in [4.78, 5) is 0. The van der Waals surface area contributed by atoms with Gasteiger partial charge >= 0.3 is 0 Å². The van der Waals surface area contributed by atoms with Crippen LogP contribution in [0.5, 0.6) is 0 Å². The number of hydrogen-bond donors (Lipinski definition) is 0. The standard InChI is InChI=1S/C27H22N4/c1-20-15-17-23(18-16-20)27-28-29-30-31(27)25-14-8-13-24(19-25)26(21-9-4-2-5-10-21)22-11-6-3-7-12-22/h2-19,26H,1H3. The lowest BCUT2D eigenvalue weighted by Gasteiger charge is -2.19. The summed E-state index contributed by atoms with van der Waals surface area (Å²) in [6, 6.07) is 37.9. The zero-order valence-electron chi connectivity index (χ0n) is 17.3. The van der Waals surface area contributed by atoms with E-state index in [9.17, 15) is 0 Å². The minimum Gasteiger partial charge on any atom is -0.193 e. The van der Waals surface area contributed by atoms with E-state index < -0.39 is 0 Å². The van der Waals surface area contributed by atoms with E-state index >= 15 is 0 Å². The van der Waals surface area contributed by atoms with E-state index in [2.05, 4.69) is 126 Å². The van der Waals surface area contributed by atoms with Gasteiger partial charge in [-0.1, -0.05) is 103 Å². The monoisotopic (exact) mass is 402 g/mol. The molecule has 5 aromatic rings. The first-order valence-electron chi connectivity index (χ1n) is 10.4. The van der Waals surface area contributed by atoms with Crippen molar-refractivity contribution in [2.75, 3.05) is 0 Å². The number of benzene rings is 4. The summed E-state index contributed by atoms with van der Waals surface area (Å²) in [5, 5.41) is 12.5. The van der Waals surface area contributed by atoms with Gasteiger partial charge in [0, 0.05) is 11.5 Å². The third-order valence-electron chi connectivity index (χ3n) is 5.49. The summed E-state index contributed by atoms with van der Waals surface area (Å²) in [5.74, 6) is 0.856. The predicted octanol–water partition coefficient (Wildman–Crippen LogP) is 5.82. The fourth-order valence-electron chi connectivity index (χ4n) is 3.95. The lowest BCUT2D eigenvalue weighted by Crippen LogP contribution is -2.06. The molecule has 4 heteroatoms. The van der Waals surface area contributed by atoms with Gasteiger partial charge in [0.2, 0.25) is 0 Å². The van der Waals surface area contributed by atoms with Gasteiger partial charge in [-0.25, -0.2) is 0 Å². The Morgan fingerprint density at radius 3 is 1.90 bits per heavy atom. The fourth-order valence-corrected chi connectivity index (χ4v) is 3.95. The maximum absolute atomic E-state index is 4.29. The Balaban J connectivity index is 1.61. The van der Waals surface area contributed by atoms with E-state index in [4.69, 9.17) is 0 Å². The molecule has 4 nitrogen and oxygen atoms in total. The molecular formula is C27H22N4. The molecule has 0 atom stereocenters. The second-order valence-electron chi connectivity index (χ2n) is 7.63.